The van der Waals surface area contributed by atoms with Crippen molar-refractivity contribution in [1.82, 2.24) is 9.21 Å². The molecule has 10 heteroatoms. The Morgan fingerprint density at radius 2 is 1.59 bits per heavy atom. The molecule has 0 heterocycles. The van der Waals surface area contributed by atoms with Gasteiger partial charge in [-0.1, -0.05) is 13.8 Å². The molecule has 1 aromatic rings. The van der Waals surface area contributed by atoms with Crippen molar-refractivity contribution < 1.29 is 31.1 Å². The molecule has 0 spiro atoms. The Hall–Kier alpha value is -1.20. The monoisotopic (exact) mass is 508 g/mol. The number of unbranched alkanes of at least 4 members (excludes halogenated alkanes) is 1. The third kappa shape index (κ3) is 8.48. The fourth-order valence-corrected chi connectivity index (χ4v) is 6.11. The summed E-state index contributed by atoms with van der Waals surface area (Å²) in [4.78, 5) is 2.25. The number of alkyl halides is 3. The zero-order chi connectivity index (χ0) is 25.2. The summed E-state index contributed by atoms with van der Waals surface area (Å²) >= 11 is 0. The Balaban J connectivity index is 1.80. The highest BCUT2D eigenvalue weighted by Crippen LogP contribution is 2.32. The molecule has 0 saturated heterocycles. The van der Waals surface area contributed by atoms with E-state index in [4.69, 9.17) is 9.47 Å². The molecule has 0 N–H and O–H groups in total. The highest BCUT2D eigenvalue weighted by molar-refractivity contribution is 7.89. The van der Waals surface area contributed by atoms with Crippen LogP contribution in [0, 0.1) is 0 Å². The topological polar surface area (TPSA) is 59.1 Å². The molecular weight excluding hydrogens is 469 g/mol. The van der Waals surface area contributed by atoms with Gasteiger partial charge in [-0.15, -0.1) is 0 Å². The minimum atomic E-state index is -4.50. The molecule has 2 rings (SSSR count). The van der Waals surface area contributed by atoms with E-state index in [1.807, 2.05) is 0 Å². The summed E-state index contributed by atoms with van der Waals surface area (Å²) in [7, 11) is -2.15. The van der Waals surface area contributed by atoms with E-state index in [2.05, 4.69) is 11.8 Å². The third-order valence-corrected chi connectivity index (χ3v) is 8.47. The molecule has 0 radical (unpaired) electrons. The molecule has 34 heavy (non-hydrogen) atoms. The van der Waals surface area contributed by atoms with E-state index >= 15 is 0 Å². The summed E-state index contributed by atoms with van der Waals surface area (Å²) < 4.78 is 77.2. The van der Waals surface area contributed by atoms with Gasteiger partial charge in [0.15, 0.2) is 0 Å². The van der Waals surface area contributed by atoms with Crippen LogP contribution < -0.4 is 0 Å². The smallest absolute Gasteiger partial charge is 0.383 e. The van der Waals surface area contributed by atoms with Crippen molar-refractivity contribution in [3.05, 3.63) is 29.8 Å². The number of nitrogens with zero attached hydrogens (tertiary/aromatic N) is 2. The van der Waals surface area contributed by atoms with Gasteiger partial charge in [0.1, 0.15) is 0 Å². The predicted molar refractivity (Wildman–Crippen MR) is 126 cm³/mol. The van der Waals surface area contributed by atoms with E-state index in [9.17, 15) is 21.6 Å². The summed E-state index contributed by atoms with van der Waals surface area (Å²) in [5, 5.41) is 0. The Kier molecular flexibility index (Phi) is 11.8. The number of ether oxygens (including phenoxy) is 2. The second-order valence-corrected chi connectivity index (χ2v) is 10.6. The summed E-state index contributed by atoms with van der Waals surface area (Å²) in [6, 6.07) is 3.57. The van der Waals surface area contributed by atoms with Crippen molar-refractivity contribution in [2.24, 2.45) is 0 Å². The minimum Gasteiger partial charge on any atom is -0.383 e. The van der Waals surface area contributed by atoms with E-state index in [1.165, 1.54) is 4.31 Å². The maximum atomic E-state index is 13.1. The Labute approximate surface area is 202 Å². The summed E-state index contributed by atoms with van der Waals surface area (Å²) in [6.07, 6.45) is 0.577. The van der Waals surface area contributed by atoms with E-state index in [0.717, 1.165) is 76.2 Å². The van der Waals surface area contributed by atoms with E-state index < -0.39 is 21.8 Å². The normalized spacial score (nSPS) is 19.8. The van der Waals surface area contributed by atoms with Crippen molar-refractivity contribution in [3.63, 3.8) is 0 Å². The standard InChI is InChI=1S/C24H39F3N2O4S/c1-4-28(17-19-32-3)16-6-7-18-33-22-12-10-21(11-13-22)29(5-2)34(30,31)23-14-8-20(9-15-23)24(25,26)27/h8-9,14-15,21-22H,4-7,10-13,16-19H2,1-3H3. The summed E-state index contributed by atoms with van der Waals surface area (Å²) in [5.41, 5.74) is -0.857. The van der Waals surface area contributed by atoms with Crippen LogP contribution in [-0.4, -0.2) is 76.3 Å². The van der Waals surface area contributed by atoms with Crippen LogP contribution in [0.5, 0.6) is 0 Å². The zero-order valence-electron chi connectivity index (χ0n) is 20.5. The van der Waals surface area contributed by atoms with Crippen LogP contribution in [0.2, 0.25) is 0 Å². The first-order chi connectivity index (χ1) is 16.1. The third-order valence-electron chi connectivity index (χ3n) is 6.43. The lowest BCUT2D eigenvalue weighted by Gasteiger charge is -2.35. The zero-order valence-corrected chi connectivity index (χ0v) is 21.3. The van der Waals surface area contributed by atoms with Crippen LogP contribution in [0.4, 0.5) is 13.2 Å². The Bertz CT molecular complexity index is 811. The first-order valence-corrected chi connectivity index (χ1v) is 13.6. The van der Waals surface area contributed by atoms with Gasteiger partial charge in [-0.3, -0.25) is 0 Å². The first kappa shape index (κ1) is 29.0. The van der Waals surface area contributed by atoms with Gasteiger partial charge in [0.05, 0.1) is 23.2 Å². The molecule has 0 aromatic heterocycles. The highest BCUT2D eigenvalue weighted by atomic mass is 32.2. The van der Waals surface area contributed by atoms with Gasteiger partial charge in [-0.05, 0) is 75.9 Å². The quantitative estimate of drug-likeness (QED) is 0.338. The number of hydrogen-bond acceptors (Lipinski definition) is 5. The van der Waals surface area contributed by atoms with Crippen molar-refractivity contribution >= 4 is 10.0 Å². The van der Waals surface area contributed by atoms with Gasteiger partial charge in [0.2, 0.25) is 10.0 Å². The molecule has 1 aliphatic carbocycles. The van der Waals surface area contributed by atoms with Gasteiger partial charge < -0.3 is 14.4 Å². The number of sulfonamides is 1. The van der Waals surface area contributed by atoms with Crippen LogP contribution in [0.3, 0.4) is 0 Å². The molecule has 0 amide bonds. The second kappa shape index (κ2) is 13.8. The molecule has 0 aliphatic heterocycles. The highest BCUT2D eigenvalue weighted by Gasteiger charge is 2.35. The largest absolute Gasteiger partial charge is 0.416 e. The van der Waals surface area contributed by atoms with Gasteiger partial charge in [0, 0.05) is 32.8 Å². The number of rotatable bonds is 14. The average Bonchev–Trinajstić information content (AvgIpc) is 2.81. The lowest BCUT2D eigenvalue weighted by atomic mass is 9.93. The maximum Gasteiger partial charge on any atom is 0.416 e. The van der Waals surface area contributed by atoms with Crippen LogP contribution in [0.15, 0.2) is 29.2 Å². The molecule has 0 atom stereocenters. The van der Waals surface area contributed by atoms with Crippen molar-refractivity contribution in [3.8, 4) is 0 Å². The molecule has 6 nitrogen and oxygen atoms in total. The van der Waals surface area contributed by atoms with E-state index in [-0.39, 0.29) is 23.6 Å². The number of benzene rings is 1. The molecule has 1 fully saturated rings. The van der Waals surface area contributed by atoms with Crippen LogP contribution in [-0.2, 0) is 25.7 Å². The van der Waals surface area contributed by atoms with E-state index in [0.29, 0.717) is 19.4 Å². The van der Waals surface area contributed by atoms with E-state index in [1.54, 1.807) is 14.0 Å². The molecule has 1 aromatic carbocycles. The Morgan fingerprint density at radius 3 is 2.12 bits per heavy atom. The van der Waals surface area contributed by atoms with Crippen molar-refractivity contribution in [2.45, 2.75) is 75.6 Å². The molecular formula is C24H39F3N2O4S. The number of methoxy groups -OCH3 is 1. The van der Waals surface area contributed by atoms with Gasteiger partial charge in [0.25, 0.3) is 0 Å². The predicted octanol–water partition coefficient (Wildman–Crippen LogP) is 4.79. The minimum absolute atomic E-state index is 0.104. The maximum absolute atomic E-state index is 13.1. The molecule has 1 aliphatic rings. The number of likely N-dealkylation sites (N-methyl/N-ethyl adjacent to an activating group) is 1. The Morgan fingerprint density at radius 1 is 0.941 bits per heavy atom. The molecule has 0 bridgehead atoms. The van der Waals surface area contributed by atoms with Crippen molar-refractivity contribution in [2.75, 3.05) is 46.5 Å². The number of halogens is 3. The number of hydrogen-bond donors (Lipinski definition) is 0. The fraction of sp³-hybridized carbons (Fsp3) is 0.750. The lowest BCUT2D eigenvalue weighted by molar-refractivity contribution is -0.137. The van der Waals surface area contributed by atoms with Crippen LogP contribution >= 0.6 is 0 Å². The molecule has 196 valence electrons. The summed E-state index contributed by atoms with van der Waals surface area (Å²) in [5.74, 6) is 0. The SMILES string of the molecule is CCN(CCCCOC1CCC(N(CC)S(=O)(=O)c2ccc(C(F)(F)F)cc2)CC1)CCOC. The van der Waals surface area contributed by atoms with Gasteiger partial charge in [-0.25, -0.2) is 8.42 Å². The van der Waals surface area contributed by atoms with Gasteiger partial charge >= 0.3 is 6.18 Å². The molecule has 0 unspecified atom stereocenters. The van der Waals surface area contributed by atoms with Crippen molar-refractivity contribution in [1.29, 1.82) is 0 Å². The van der Waals surface area contributed by atoms with Gasteiger partial charge in [-0.2, -0.15) is 17.5 Å². The fourth-order valence-electron chi connectivity index (χ4n) is 4.41. The van der Waals surface area contributed by atoms with Crippen LogP contribution in [0.1, 0.15) is 57.9 Å². The summed E-state index contributed by atoms with van der Waals surface area (Å²) in [6.45, 7) is 8.55. The molecule has 1 saturated carbocycles. The average molecular weight is 509 g/mol. The first-order valence-electron chi connectivity index (χ1n) is 12.1. The van der Waals surface area contributed by atoms with Crippen LogP contribution in [0.25, 0.3) is 0 Å². The second-order valence-electron chi connectivity index (χ2n) is 8.67. The lowest BCUT2D eigenvalue weighted by Crippen LogP contribution is -2.43.